The fourth-order valence-corrected chi connectivity index (χ4v) is 2.67. The third-order valence-corrected chi connectivity index (χ3v) is 4.13. The first-order valence-electron chi connectivity index (χ1n) is 7.30. The molecule has 1 unspecified atom stereocenters. The lowest BCUT2D eigenvalue weighted by Gasteiger charge is -2.38. The lowest BCUT2D eigenvalue weighted by Crippen LogP contribution is -2.50. The molecule has 0 bridgehead atoms. The molecular formula is C15H25ClN4. The number of likely N-dealkylation sites (N-methyl/N-ethyl adjacent to an activating group) is 1. The molecule has 1 N–H and O–H groups in total. The van der Waals surface area contributed by atoms with Gasteiger partial charge in [0.25, 0.3) is 0 Å². The van der Waals surface area contributed by atoms with Crippen molar-refractivity contribution in [3.8, 4) is 0 Å². The van der Waals surface area contributed by atoms with Gasteiger partial charge in [0.15, 0.2) is 0 Å². The van der Waals surface area contributed by atoms with Gasteiger partial charge < -0.3 is 15.1 Å². The first-order valence-corrected chi connectivity index (χ1v) is 7.68. The van der Waals surface area contributed by atoms with Crippen LogP contribution in [0.3, 0.4) is 0 Å². The zero-order valence-corrected chi connectivity index (χ0v) is 13.6. The van der Waals surface area contributed by atoms with Crippen LogP contribution < -0.4 is 10.2 Å². The maximum atomic E-state index is 6.42. The summed E-state index contributed by atoms with van der Waals surface area (Å²) in [6, 6.07) is 3.03. The Hall–Kier alpha value is -0.840. The van der Waals surface area contributed by atoms with Crippen LogP contribution in [-0.4, -0.2) is 48.6 Å². The molecule has 0 aliphatic carbocycles. The summed E-state index contributed by atoms with van der Waals surface area (Å²) in [5.74, 6) is 0.917. The number of nitrogens with one attached hydrogen (secondary N) is 1. The van der Waals surface area contributed by atoms with E-state index in [-0.39, 0.29) is 0 Å². The molecule has 1 aromatic rings. The molecule has 0 radical (unpaired) electrons. The van der Waals surface area contributed by atoms with E-state index >= 15 is 0 Å². The Balaban J connectivity index is 2.06. The highest BCUT2D eigenvalue weighted by Gasteiger charge is 2.23. The monoisotopic (exact) mass is 296 g/mol. The molecule has 0 saturated carbocycles. The van der Waals surface area contributed by atoms with Crippen LogP contribution >= 0.6 is 11.6 Å². The van der Waals surface area contributed by atoms with Crippen LogP contribution in [0.5, 0.6) is 0 Å². The van der Waals surface area contributed by atoms with Crippen molar-refractivity contribution in [2.45, 2.75) is 39.4 Å². The van der Waals surface area contributed by atoms with Gasteiger partial charge in [-0.15, -0.1) is 0 Å². The van der Waals surface area contributed by atoms with Gasteiger partial charge in [0.2, 0.25) is 0 Å². The quantitative estimate of drug-likeness (QED) is 0.924. The predicted octanol–water partition coefficient (Wildman–Crippen LogP) is 2.37. The highest BCUT2D eigenvalue weighted by Crippen LogP contribution is 2.26. The zero-order valence-electron chi connectivity index (χ0n) is 12.9. The predicted molar refractivity (Wildman–Crippen MR) is 85.5 cm³/mol. The highest BCUT2D eigenvalue weighted by molar-refractivity contribution is 6.33. The van der Waals surface area contributed by atoms with E-state index in [2.05, 4.69) is 47.9 Å². The molecule has 1 saturated heterocycles. The van der Waals surface area contributed by atoms with Crippen LogP contribution in [-0.2, 0) is 6.54 Å². The molecule has 0 amide bonds. The topological polar surface area (TPSA) is 31.4 Å². The Morgan fingerprint density at radius 1 is 1.45 bits per heavy atom. The summed E-state index contributed by atoms with van der Waals surface area (Å²) in [6.07, 6.45) is 1.93. The van der Waals surface area contributed by atoms with Crippen LogP contribution in [0.4, 0.5) is 5.82 Å². The van der Waals surface area contributed by atoms with Crippen LogP contribution in [0.25, 0.3) is 0 Å². The number of hydrogen-bond donors (Lipinski definition) is 1. The summed E-state index contributed by atoms with van der Waals surface area (Å²) in [5.41, 5.74) is 1.13. The summed E-state index contributed by atoms with van der Waals surface area (Å²) in [7, 11) is 2.16. The number of pyridine rings is 1. The number of rotatable bonds is 4. The van der Waals surface area contributed by atoms with Crippen molar-refractivity contribution < 1.29 is 0 Å². The average molecular weight is 297 g/mol. The van der Waals surface area contributed by atoms with E-state index in [4.69, 9.17) is 11.6 Å². The van der Waals surface area contributed by atoms with Crippen LogP contribution in [0.1, 0.15) is 26.3 Å². The highest BCUT2D eigenvalue weighted by atomic mass is 35.5. The van der Waals surface area contributed by atoms with Crippen molar-refractivity contribution in [3.05, 3.63) is 22.8 Å². The molecule has 1 aliphatic rings. The van der Waals surface area contributed by atoms with Gasteiger partial charge in [-0.05, 0) is 25.6 Å². The third-order valence-electron chi connectivity index (χ3n) is 3.85. The van der Waals surface area contributed by atoms with Gasteiger partial charge in [0.05, 0.1) is 5.02 Å². The van der Waals surface area contributed by atoms with Crippen LogP contribution in [0.15, 0.2) is 12.3 Å². The first-order chi connectivity index (χ1) is 9.47. The van der Waals surface area contributed by atoms with Crippen LogP contribution in [0.2, 0.25) is 5.02 Å². The summed E-state index contributed by atoms with van der Waals surface area (Å²) in [6.45, 7) is 10.3. The van der Waals surface area contributed by atoms with Crippen molar-refractivity contribution in [2.24, 2.45) is 0 Å². The second-order valence-corrected chi connectivity index (χ2v) is 6.37. The van der Waals surface area contributed by atoms with E-state index in [1.165, 1.54) is 0 Å². The molecule has 2 rings (SSSR count). The standard InChI is InChI=1S/C15H25ClN4/c1-11(2)17-8-13-7-14(16)15(18-9-13)20-6-5-19(4)12(3)10-20/h7,9,11-12,17H,5-6,8,10H2,1-4H3. The minimum absolute atomic E-state index is 0.465. The molecule has 1 aliphatic heterocycles. The molecule has 20 heavy (non-hydrogen) atoms. The van der Waals surface area contributed by atoms with E-state index < -0.39 is 0 Å². The maximum Gasteiger partial charge on any atom is 0.147 e. The first kappa shape index (κ1) is 15.5. The second-order valence-electron chi connectivity index (χ2n) is 5.96. The lowest BCUT2D eigenvalue weighted by molar-refractivity contribution is 0.233. The minimum atomic E-state index is 0.465. The molecule has 1 atom stereocenters. The van der Waals surface area contributed by atoms with Gasteiger partial charge in [0, 0.05) is 44.5 Å². The normalized spacial score (nSPS) is 20.7. The molecule has 4 nitrogen and oxygen atoms in total. The Labute approximate surface area is 127 Å². The number of nitrogens with zero attached hydrogens (tertiary/aromatic N) is 3. The minimum Gasteiger partial charge on any atom is -0.353 e. The van der Waals surface area contributed by atoms with E-state index in [0.29, 0.717) is 12.1 Å². The van der Waals surface area contributed by atoms with E-state index in [1.54, 1.807) is 0 Å². The molecule has 112 valence electrons. The van der Waals surface area contributed by atoms with E-state index in [0.717, 1.165) is 42.6 Å². The van der Waals surface area contributed by atoms with Gasteiger partial charge in [-0.1, -0.05) is 25.4 Å². The van der Waals surface area contributed by atoms with Crippen molar-refractivity contribution in [1.82, 2.24) is 15.2 Å². The SMILES string of the molecule is CC(C)NCc1cnc(N2CCN(C)C(C)C2)c(Cl)c1. The van der Waals surface area contributed by atoms with Gasteiger partial charge in [-0.25, -0.2) is 4.98 Å². The average Bonchev–Trinajstić information content (AvgIpc) is 2.40. The molecule has 5 heteroatoms. The largest absolute Gasteiger partial charge is 0.353 e. The van der Waals surface area contributed by atoms with E-state index in [1.807, 2.05) is 12.3 Å². The Kier molecular flexibility index (Phi) is 5.24. The summed E-state index contributed by atoms with van der Waals surface area (Å²) in [4.78, 5) is 9.23. The van der Waals surface area contributed by atoms with Gasteiger partial charge in [0.1, 0.15) is 5.82 Å². The summed E-state index contributed by atoms with van der Waals surface area (Å²) >= 11 is 6.42. The summed E-state index contributed by atoms with van der Waals surface area (Å²) in [5, 5.41) is 4.14. The Morgan fingerprint density at radius 2 is 2.20 bits per heavy atom. The maximum absolute atomic E-state index is 6.42. The molecule has 2 heterocycles. The number of piperazine rings is 1. The molecule has 0 aromatic carbocycles. The third kappa shape index (κ3) is 3.84. The van der Waals surface area contributed by atoms with Crippen LogP contribution in [0, 0.1) is 0 Å². The number of halogens is 1. The summed E-state index contributed by atoms with van der Waals surface area (Å²) < 4.78 is 0. The number of anilines is 1. The molecule has 1 fully saturated rings. The fourth-order valence-electron chi connectivity index (χ4n) is 2.36. The van der Waals surface area contributed by atoms with Gasteiger partial charge in [-0.3, -0.25) is 0 Å². The van der Waals surface area contributed by atoms with E-state index in [9.17, 15) is 0 Å². The Bertz CT molecular complexity index is 449. The fraction of sp³-hybridized carbons (Fsp3) is 0.667. The van der Waals surface area contributed by atoms with Crippen molar-refractivity contribution in [1.29, 1.82) is 0 Å². The number of aromatic nitrogens is 1. The van der Waals surface area contributed by atoms with Crippen molar-refractivity contribution in [3.63, 3.8) is 0 Å². The van der Waals surface area contributed by atoms with Crippen molar-refractivity contribution >= 4 is 17.4 Å². The molecule has 0 spiro atoms. The molecule has 1 aromatic heterocycles. The van der Waals surface area contributed by atoms with Gasteiger partial charge >= 0.3 is 0 Å². The Morgan fingerprint density at radius 3 is 2.80 bits per heavy atom. The lowest BCUT2D eigenvalue weighted by atomic mass is 10.2. The van der Waals surface area contributed by atoms with Crippen molar-refractivity contribution in [2.75, 3.05) is 31.6 Å². The zero-order chi connectivity index (χ0) is 14.7. The second kappa shape index (κ2) is 6.74. The number of hydrogen-bond acceptors (Lipinski definition) is 4. The van der Waals surface area contributed by atoms with Gasteiger partial charge in [-0.2, -0.15) is 0 Å². The smallest absolute Gasteiger partial charge is 0.147 e. The molecular weight excluding hydrogens is 272 g/mol.